The minimum atomic E-state index is -3.84. The van der Waals surface area contributed by atoms with E-state index in [2.05, 4.69) is 10.6 Å². The van der Waals surface area contributed by atoms with Crippen molar-refractivity contribution in [2.24, 2.45) is 0 Å². The summed E-state index contributed by atoms with van der Waals surface area (Å²) in [7, 11) is -3.84. The Morgan fingerprint density at radius 3 is 2.38 bits per heavy atom. The Bertz CT molecular complexity index is 1350. The fourth-order valence-corrected chi connectivity index (χ4v) is 5.20. The molecule has 0 radical (unpaired) electrons. The predicted molar refractivity (Wildman–Crippen MR) is 152 cm³/mol. The molecule has 3 aromatic rings. The first-order valence-corrected chi connectivity index (χ1v) is 14.1. The summed E-state index contributed by atoms with van der Waals surface area (Å²) in [4.78, 5) is 24.0. The van der Waals surface area contributed by atoms with Gasteiger partial charge in [0.05, 0.1) is 28.9 Å². The summed E-state index contributed by atoms with van der Waals surface area (Å²) in [5, 5.41) is 16.6. The fraction of sp³-hybridized carbons (Fsp3) is 0.286. The lowest BCUT2D eigenvalue weighted by molar-refractivity contribution is -0.142. The van der Waals surface area contributed by atoms with Gasteiger partial charge < -0.3 is 20.5 Å². The van der Waals surface area contributed by atoms with Crippen molar-refractivity contribution >= 4 is 45.7 Å². The van der Waals surface area contributed by atoms with Gasteiger partial charge in [-0.05, 0) is 73.5 Å². The van der Waals surface area contributed by atoms with Crippen molar-refractivity contribution < 1.29 is 27.9 Å². The Balaban J connectivity index is 0.00000533. The minimum Gasteiger partial charge on any atom is -0.466 e. The van der Waals surface area contributed by atoms with Gasteiger partial charge in [0.25, 0.3) is 5.91 Å². The molecule has 0 bridgehead atoms. The topological polar surface area (TPSA) is 122 Å². The summed E-state index contributed by atoms with van der Waals surface area (Å²) in [6, 6.07) is 19.4. The molecule has 11 heteroatoms. The van der Waals surface area contributed by atoms with Gasteiger partial charge in [0, 0.05) is 23.7 Å². The number of carbonyl (C=O) groups is 2. The molecule has 0 saturated carbocycles. The largest absolute Gasteiger partial charge is 0.466 e. The van der Waals surface area contributed by atoms with E-state index in [0.717, 1.165) is 11.1 Å². The molecule has 0 aliphatic heterocycles. The quantitative estimate of drug-likeness (QED) is 0.201. The maximum absolute atomic E-state index is 13.1. The number of nitrogens with one attached hydrogen (secondary N) is 2. The van der Waals surface area contributed by atoms with Gasteiger partial charge in [-0.1, -0.05) is 41.9 Å². The van der Waals surface area contributed by atoms with E-state index in [1.807, 2.05) is 6.07 Å². The molecule has 8 nitrogen and oxygen atoms in total. The third-order valence-electron chi connectivity index (χ3n) is 5.72. The van der Waals surface area contributed by atoms with Crippen molar-refractivity contribution in [1.29, 1.82) is 0 Å². The molecule has 39 heavy (non-hydrogen) atoms. The number of carbonyl (C=O) groups excluding carboxylic acids is 2. The molecule has 0 fully saturated rings. The van der Waals surface area contributed by atoms with E-state index in [9.17, 15) is 23.1 Å². The summed E-state index contributed by atoms with van der Waals surface area (Å²) in [6.07, 6.45) is -0.0111. The van der Waals surface area contributed by atoms with Crippen molar-refractivity contribution in [2.75, 3.05) is 26.2 Å². The maximum Gasteiger partial charge on any atom is 0.307 e. The van der Waals surface area contributed by atoms with Crippen molar-refractivity contribution in [1.82, 2.24) is 10.6 Å². The van der Waals surface area contributed by atoms with Gasteiger partial charge in [-0.25, -0.2) is 8.42 Å². The third-order valence-corrected chi connectivity index (χ3v) is 7.72. The standard InChI is InChI=1S/C28H31ClN2O6S.ClH/c1-2-37-27(33)14-16-31-28(34)22-6-4-8-25(18-22)38(35,36)24-11-9-20(10-12-24)13-15-30-19-26(32)21-5-3-7-23(29)17-21;/h3-12,17-18,26,30,32H,2,13-16,19H2,1H3,(H,31,34);1H/t26-;/m1./s1. The molecule has 1 atom stereocenters. The normalized spacial score (nSPS) is 11.8. The van der Waals surface area contributed by atoms with Crippen LogP contribution in [0.15, 0.2) is 82.6 Å². The van der Waals surface area contributed by atoms with Gasteiger partial charge in [0.2, 0.25) is 9.84 Å². The van der Waals surface area contributed by atoms with E-state index in [1.165, 1.54) is 36.4 Å². The number of halogens is 2. The predicted octanol–water partition coefficient (Wildman–Crippen LogP) is 4.14. The van der Waals surface area contributed by atoms with Crippen LogP contribution in [0, 0.1) is 0 Å². The SMILES string of the molecule is CCOC(=O)CCNC(=O)c1cccc(S(=O)(=O)c2ccc(CCNC[C@@H](O)c3cccc(Cl)c3)cc2)c1.Cl. The Kier molecular flexibility index (Phi) is 12.9. The molecule has 0 aliphatic rings. The molecule has 1 amide bonds. The average Bonchev–Trinajstić information content (AvgIpc) is 2.91. The second-order valence-electron chi connectivity index (χ2n) is 8.51. The molecular weight excluding hydrogens is 563 g/mol. The van der Waals surface area contributed by atoms with Crippen molar-refractivity contribution in [3.05, 3.63) is 94.5 Å². The molecule has 0 saturated heterocycles. The smallest absolute Gasteiger partial charge is 0.307 e. The fourth-order valence-electron chi connectivity index (χ4n) is 3.69. The van der Waals surface area contributed by atoms with E-state index < -0.39 is 27.8 Å². The Morgan fingerprint density at radius 2 is 1.69 bits per heavy atom. The van der Waals surface area contributed by atoms with Crippen molar-refractivity contribution in [3.8, 4) is 0 Å². The van der Waals surface area contributed by atoms with Gasteiger partial charge in [0.1, 0.15) is 0 Å². The summed E-state index contributed by atoms with van der Waals surface area (Å²) < 4.78 is 31.1. The molecule has 0 spiro atoms. The van der Waals surface area contributed by atoms with Gasteiger partial charge >= 0.3 is 5.97 Å². The van der Waals surface area contributed by atoms with Crippen LogP contribution in [0.1, 0.15) is 40.9 Å². The van der Waals surface area contributed by atoms with Gasteiger partial charge in [0.15, 0.2) is 0 Å². The molecular formula is C28H32Cl2N2O6S. The average molecular weight is 596 g/mol. The number of aliphatic hydroxyl groups is 1. The van der Waals surface area contributed by atoms with Gasteiger partial charge in [-0.15, -0.1) is 12.4 Å². The van der Waals surface area contributed by atoms with Crippen LogP contribution in [0.4, 0.5) is 0 Å². The van der Waals surface area contributed by atoms with E-state index in [4.69, 9.17) is 16.3 Å². The molecule has 3 rings (SSSR count). The van der Waals surface area contributed by atoms with Crippen LogP contribution in [0.5, 0.6) is 0 Å². The Hall–Kier alpha value is -2.95. The third kappa shape index (κ3) is 9.63. The van der Waals surface area contributed by atoms with Gasteiger partial charge in [-0.2, -0.15) is 0 Å². The van der Waals surface area contributed by atoms with E-state index >= 15 is 0 Å². The minimum absolute atomic E-state index is 0. The number of hydrogen-bond donors (Lipinski definition) is 3. The first-order valence-electron chi connectivity index (χ1n) is 12.2. The molecule has 210 valence electrons. The molecule has 0 heterocycles. The van der Waals surface area contributed by atoms with Crippen LogP contribution in [0.25, 0.3) is 0 Å². The van der Waals surface area contributed by atoms with Crippen LogP contribution in [0.2, 0.25) is 5.02 Å². The molecule has 0 aromatic heterocycles. The van der Waals surface area contributed by atoms with Crippen LogP contribution < -0.4 is 10.6 Å². The lowest BCUT2D eigenvalue weighted by atomic mass is 10.1. The first-order chi connectivity index (χ1) is 18.2. The zero-order valence-electron chi connectivity index (χ0n) is 21.4. The van der Waals surface area contributed by atoms with Crippen molar-refractivity contribution in [3.63, 3.8) is 0 Å². The van der Waals surface area contributed by atoms with Crippen molar-refractivity contribution in [2.45, 2.75) is 35.7 Å². The van der Waals surface area contributed by atoms with E-state index in [1.54, 1.807) is 37.3 Å². The second kappa shape index (κ2) is 15.6. The summed E-state index contributed by atoms with van der Waals surface area (Å²) >= 11 is 5.97. The number of aliphatic hydroxyl groups excluding tert-OH is 1. The number of benzene rings is 3. The number of ether oxygens (including phenoxy) is 1. The van der Waals surface area contributed by atoms with Crippen LogP contribution in [-0.4, -0.2) is 51.6 Å². The Morgan fingerprint density at radius 1 is 0.974 bits per heavy atom. The zero-order chi connectivity index (χ0) is 27.5. The molecule has 3 N–H and O–H groups in total. The number of amides is 1. The highest BCUT2D eigenvalue weighted by atomic mass is 35.5. The molecule has 3 aromatic carbocycles. The zero-order valence-corrected chi connectivity index (χ0v) is 23.8. The van der Waals surface area contributed by atoms with Gasteiger partial charge in [-0.3, -0.25) is 9.59 Å². The highest BCUT2D eigenvalue weighted by Crippen LogP contribution is 2.22. The summed E-state index contributed by atoms with van der Waals surface area (Å²) in [6.45, 7) is 3.01. The number of hydrogen-bond acceptors (Lipinski definition) is 7. The summed E-state index contributed by atoms with van der Waals surface area (Å²) in [5.74, 6) is -0.895. The maximum atomic E-state index is 13.1. The van der Waals surface area contributed by atoms with Crippen LogP contribution in [-0.2, 0) is 25.8 Å². The van der Waals surface area contributed by atoms with Crippen LogP contribution in [0.3, 0.4) is 0 Å². The van der Waals surface area contributed by atoms with Crippen LogP contribution >= 0.6 is 24.0 Å². The number of esters is 1. The number of sulfone groups is 1. The highest BCUT2D eigenvalue weighted by molar-refractivity contribution is 7.91. The highest BCUT2D eigenvalue weighted by Gasteiger charge is 2.19. The monoisotopic (exact) mass is 594 g/mol. The molecule has 0 aliphatic carbocycles. The van der Waals surface area contributed by atoms with E-state index in [0.29, 0.717) is 24.5 Å². The lowest BCUT2D eigenvalue weighted by Crippen LogP contribution is -2.26. The summed E-state index contributed by atoms with van der Waals surface area (Å²) in [5.41, 5.74) is 1.85. The van der Waals surface area contributed by atoms with E-state index in [-0.39, 0.29) is 47.3 Å². The first kappa shape index (κ1) is 32.3. The number of rotatable bonds is 13. The Labute approximate surface area is 240 Å². The molecule has 0 unspecified atom stereocenters. The lowest BCUT2D eigenvalue weighted by Gasteiger charge is -2.13. The second-order valence-corrected chi connectivity index (χ2v) is 10.9.